The van der Waals surface area contributed by atoms with Crippen molar-refractivity contribution < 1.29 is 14.3 Å². The van der Waals surface area contributed by atoms with E-state index in [1.807, 2.05) is 0 Å². The van der Waals surface area contributed by atoms with Crippen molar-refractivity contribution in [3.8, 4) is 5.88 Å². The fourth-order valence-electron chi connectivity index (χ4n) is 1.61. The molecule has 0 unspecified atom stereocenters. The van der Waals surface area contributed by atoms with Crippen LogP contribution in [0.25, 0.3) is 0 Å². The van der Waals surface area contributed by atoms with Crippen LogP contribution < -0.4 is 10.5 Å². The highest BCUT2D eigenvalue weighted by atomic mass is 16.5. The lowest BCUT2D eigenvalue weighted by Gasteiger charge is -2.32. The first-order chi connectivity index (χ1) is 7.70. The highest BCUT2D eigenvalue weighted by Gasteiger charge is 2.29. The van der Waals surface area contributed by atoms with E-state index in [9.17, 15) is 4.79 Å². The monoisotopic (exact) mass is 222 g/mol. The van der Waals surface area contributed by atoms with Crippen molar-refractivity contribution in [2.24, 2.45) is 5.73 Å². The van der Waals surface area contributed by atoms with Crippen LogP contribution in [0.4, 0.5) is 0 Å². The molecule has 0 bridgehead atoms. The van der Waals surface area contributed by atoms with Crippen LogP contribution in [0.5, 0.6) is 5.88 Å². The van der Waals surface area contributed by atoms with Gasteiger partial charge in [-0.3, -0.25) is 0 Å². The quantitative estimate of drug-likeness (QED) is 0.763. The number of aromatic nitrogens is 1. The highest BCUT2D eigenvalue weighted by Crippen LogP contribution is 2.25. The molecular formula is C11H14N2O3. The Labute approximate surface area is 93.6 Å². The largest absolute Gasteiger partial charge is 0.474 e. The summed E-state index contributed by atoms with van der Waals surface area (Å²) < 4.78 is 10.2. The van der Waals surface area contributed by atoms with Crippen molar-refractivity contribution in [1.82, 2.24) is 4.98 Å². The lowest BCUT2D eigenvalue weighted by atomic mass is 9.90. The van der Waals surface area contributed by atoms with Gasteiger partial charge in [0.2, 0.25) is 5.88 Å². The fourth-order valence-corrected chi connectivity index (χ4v) is 1.61. The second-order valence-electron chi connectivity index (χ2n) is 3.82. The summed E-state index contributed by atoms with van der Waals surface area (Å²) in [5, 5.41) is 0. The van der Waals surface area contributed by atoms with E-state index in [0.29, 0.717) is 11.4 Å². The molecule has 1 aliphatic carbocycles. The average molecular weight is 222 g/mol. The topological polar surface area (TPSA) is 74.4 Å². The minimum atomic E-state index is -0.438. The molecule has 0 spiro atoms. The maximum Gasteiger partial charge on any atom is 0.343 e. The van der Waals surface area contributed by atoms with Crippen molar-refractivity contribution in [3.05, 3.63) is 23.9 Å². The van der Waals surface area contributed by atoms with Crippen LogP contribution in [-0.2, 0) is 4.74 Å². The Morgan fingerprint density at radius 2 is 2.31 bits per heavy atom. The lowest BCUT2D eigenvalue weighted by molar-refractivity contribution is 0.0575. The third-order valence-corrected chi connectivity index (χ3v) is 2.59. The van der Waals surface area contributed by atoms with Gasteiger partial charge in [-0.25, -0.2) is 9.78 Å². The zero-order chi connectivity index (χ0) is 11.5. The summed E-state index contributed by atoms with van der Waals surface area (Å²) in [5.74, 6) is -0.113. The van der Waals surface area contributed by atoms with Gasteiger partial charge in [-0.2, -0.15) is 0 Å². The molecule has 1 saturated carbocycles. The molecule has 0 amide bonds. The maximum atomic E-state index is 11.4. The number of methoxy groups -OCH3 is 1. The molecule has 2 rings (SSSR count). The first-order valence-electron chi connectivity index (χ1n) is 5.16. The number of hydrogen-bond acceptors (Lipinski definition) is 5. The Balaban J connectivity index is 2.10. The Kier molecular flexibility index (Phi) is 3.05. The van der Waals surface area contributed by atoms with Crippen LogP contribution in [0.2, 0.25) is 0 Å². The van der Waals surface area contributed by atoms with E-state index in [1.165, 1.54) is 7.11 Å². The number of carbonyl (C=O) groups excluding carboxylic acids is 1. The molecule has 1 fully saturated rings. The number of pyridine rings is 1. The first-order valence-corrected chi connectivity index (χ1v) is 5.16. The molecule has 1 aromatic heterocycles. The number of ether oxygens (including phenoxy) is 2. The number of esters is 1. The summed E-state index contributed by atoms with van der Waals surface area (Å²) in [5.41, 5.74) is 6.01. The number of rotatable bonds is 3. The molecule has 0 saturated heterocycles. The molecule has 1 aromatic rings. The van der Waals surface area contributed by atoms with Gasteiger partial charge in [-0.15, -0.1) is 0 Å². The van der Waals surface area contributed by atoms with Gasteiger partial charge in [-0.05, 0) is 25.0 Å². The van der Waals surface area contributed by atoms with Crippen LogP contribution in [0.15, 0.2) is 18.3 Å². The molecule has 0 aliphatic heterocycles. The standard InChI is InChI=1S/C11H14N2O3/c1-15-11(14)9-3-2-4-13-10(9)16-8-5-7(12)6-8/h2-4,7-8H,5-6,12H2,1H3. The zero-order valence-corrected chi connectivity index (χ0v) is 9.05. The molecule has 16 heavy (non-hydrogen) atoms. The predicted molar refractivity (Wildman–Crippen MR) is 57.2 cm³/mol. The Morgan fingerprint density at radius 3 is 2.94 bits per heavy atom. The summed E-state index contributed by atoms with van der Waals surface area (Å²) >= 11 is 0. The molecule has 1 aliphatic rings. The second kappa shape index (κ2) is 4.49. The number of nitrogens with zero attached hydrogens (tertiary/aromatic N) is 1. The first kappa shape index (κ1) is 10.9. The Bertz CT molecular complexity index is 389. The van der Waals surface area contributed by atoms with Crippen LogP contribution in [0, 0.1) is 0 Å². The molecular weight excluding hydrogens is 208 g/mol. The summed E-state index contributed by atoms with van der Waals surface area (Å²) in [7, 11) is 1.33. The molecule has 0 aromatic carbocycles. The second-order valence-corrected chi connectivity index (χ2v) is 3.82. The predicted octanol–water partition coefficient (Wildman–Crippen LogP) is 0.737. The molecule has 0 atom stereocenters. The Morgan fingerprint density at radius 1 is 1.56 bits per heavy atom. The van der Waals surface area contributed by atoms with Gasteiger partial charge in [0.05, 0.1) is 7.11 Å². The maximum absolute atomic E-state index is 11.4. The van der Waals surface area contributed by atoms with E-state index in [2.05, 4.69) is 9.72 Å². The van der Waals surface area contributed by atoms with Gasteiger partial charge in [0.15, 0.2) is 0 Å². The van der Waals surface area contributed by atoms with Gasteiger partial charge < -0.3 is 15.2 Å². The molecule has 86 valence electrons. The van der Waals surface area contributed by atoms with Crippen LogP contribution in [0.3, 0.4) is 0 Å². The van der Waals surface area contributed by atoms with E-state index in [-0.39, 0.29) is 12.1 Å². The van der Waals surface area contributed by atoms with Crippen LogP contribution in [0.1, 0.15) is 23.2 Å². The van der Waals surface area contributed by atoms with Crippen molar-refractivity contribution in [1.29, 1.82) is 0 Å². The van der Waals surface area contributed by atoms with Gasteiger partial charge in [0.25, 0.3) is 0 Å². The van der Waals surface area contributed by atoms with E-state index in [1.54, 1.807) is 18.3 Å². The highest BCUT2D eigenvalue weighted by molar-refractivity contribution is 5.91. The van der Waals surface area contributed by atoms with Gasteiger partial charge in [-0.1, -0.05) is 0 Å². The van der Waals surface area contributed by atoms with Crippen molar-refractivity contribution in [2.75, 3.05) is 7.11 Å². The lowest BCUT2D eigenvalue weighted by Crippen LogP contribution is -2.43. The summed E-state index contributed by atoms with van der Waals surface area (Å²) in [6, 6.07) is 3.51. The number of carbonyl (C=O) groups is 1. The smallest absolute Gasteiger partial charge is 0.343 e. The van der Waals surface area contributed by atoms with Gasteiger partial charge >= 0.3 is 5.97 Å². The minimum Gasteiger partial charge on any atom is -0.474 e. The summed E-state index contributed by atoms with van der Waals surface area (Å²) in [4.78, 5) is 15.5. The van der Waals surface area contributed by atoms with E-state index in [0.717, 1.165) is 12.8 Å². The molecule has 2 N–H and O–H groups in total. The number of nitrogens with two attached hydrogens (primary N) is 1. The molecule has 0 radical (unpaired) electrons. The van der Waals surface area contributed by atoms with Crippen LogP contribution in [-0.4, -0.2) is 30.2 Å². The van der Waals surface area contributed by atoms with Crippen LogP contribution >= 0.6 is 0 Å². The third kappa shape index (κ3) is 2.14. The van der Waals surface area contributed by atoms with E-state index >= 15 is 0 Å². The minimum absolute atomic E-state index is 0.0632. The summed E-state index contributed by atoms with van der Waals surface area (Å²) in [6.45, 7) is 0. The third-order valence-electron chi connectivity index (χ3n) is 2.59. The number of hydrogen-bond donors (Lipinski definition) is 1. The molecule has 5 nitrogen and oxygen atoms in total. The van der Waals surface area contributed by atoms with E-state index < -0.39 is 5.97 Å². The zero-order valence-electron chi connectivity index (χ0n) is 9.05. The van der Waals surface area contributed by atoms with E-state index in [4.69, 9.17) is 10.5 Å². The van der Waals surface area contributed by atoms with Crippen molar-refractivity contribution >= 4 is 5.97 Å². The SMILES string of the molecule is COC(=O)c1cccnc1OC1CC(N)C1. The summed E-state index contributed by atoms with van der Waals surface area (Å²) in [6.07, 6.45) is 3.25. The Hall–Kier alpha value is -1.62. The van der Waals surface area contributed by atoms with Crippen molar-refractivity contribution in [3.63, 3.8) is 0 Å². The normalized spacial score (nSPS) is 23.4. The van der Waals surface area contributed by atoms with Gasteiger partial charge in [0.1, 0.15) is 11.7 Å². The molecule has 1 heterocycles. The van der Waals surface area contributed by atoms with Crippen molar-refractivity contribution in [2.45, 2.75) is 25.0 Å². The molecule has 5 heteroatoms. The fraction of sp³-hybridized carbons (Fsp3) is 0.455. The van der Waals surface area contributed by atoms with Gasteiger partial charge in [0, 0.05) is 12.2 Å². The average Bonchev–Trinajstić information content (AvgIpc) is 2.27.